The molecule has 0 aliphatic rings. The number of aliphatic carboxylic acids is 2. The van der Waals surface area contributed by atoms with Crippen LogP contribution in [0.3, 0.4) is 0 Å². The highest BCUT2D eigenvalue weighted by Gasteiger charge is 2.37. The molecule has 0 bridgehead atoms. The normalized spacial score (nSPS) is 15.2. The number of phenolic OH excluding ortho intramolecular Hbond substituents is 1. The maximum Gasteiger partial charge on any atom is 0.307 e. The lowest BCUT2D eigenvalue weighted by molar-refractivity contribution is -0.142. The first-order valence-corrected chi connectivity index (χ1v) is 10.5. The summed E-state index contributed by atoms with van der Waals surface area (Å²) in [5.41, 5.74) is 0.960. The lowest BCUT2D eigenvalue weighted by Crippen LogP contribution is -2.23. The number of carbonyl (C=O) groups is 2. The third-order valence-corrected chi connectivity index (χ3v) is 6.43. The number of carboxylic acids is 2. The second-order valence-corrected chi connectivity index (χ2v) is 8.80. The van der Waals surface area contributed by atoms with Gasteiger partial charge < -0.3 is 25.5 Å². The van der Waals surface area contributed by atoms with Crippen LogP contribution in [0.25, 0.3) is 0 Å². The third-order valence-electron chi connectivity index (χ3n) is 4.23. The highest BCUT2D eigenvalue weighted by atomic mass is 31.2. The van der Waals surface area contributed by atoms with Gasteiger partial charge in [-0.05, 0) is 36.2 Å². The summed E-state index contributed by atoms with van der Waals surface area (Å²) in [6, 6.07) is 14.3. The van der Waals surface area contributed by atoms with Gasteiger partial charge in [-0.3, -0.25) is 14.2 Å². The predicted octanol–water partition coefficient (Wildman–Crippen LogP) is 3.34. The highest BCUT2D eigenvalue weighted by molar-refractivity contribution is 7.58. The molecule has 0 aliphatic carbocycles. The molecule has 0 saturated heterocycles. The number of phenols is 1. The van der Waals surface area contributed by atoms with Gasteiger partial charge in [0, 0.05) is 18.3 Å². The topological polar surface area (TPSA) is 144 Å². The Morgan fingerprint density at radius 3 is 2.14 bits per heavy atom. The molecule has 8 nitrogen and oxygen atoms in total. The summed E-state index contributed by atoms with van der Waals surface area (Å²) >= 11 is 0. The van der Waals surface area contributed by atoms with Crippen molar-refractivity contribution in [2.75, 3.05) is 11.5 Å². The zero-order valence-corrected chi connectivity index (χ0v) is 15.8. The van der Waals surface area contributed by atoms with E-state index in [9.17, 15) is 29.3 Å². The molecule has 0 fully saturated rings. The van der Waals surface area contributed by atoms with E-state index in [-0.39, 0.29) is 12.2 Å². The first-order chi connectivity index (χ1) is 13.2. The van der Waals surface area contributed by atoms with Crippen molar-refractivity contribution in [1.29, 1.82) is 0 Å². The van der Waals surface area contributed by atoms with Crippen LogP contribution >= 0.6 is 7.37 Å². The van der Waals surface area contributed by atoms with Crippen molar-refractivity contribution in [1.82, 2.24) is 0 Å². The van der Waals surface area contributed by atoms with E-state index in [4.69, 9.17) is 5.11 Å². The number of hydrogen-bond acceptors (Lipinski definition) is 5. The smallest absolute Gasteiger partial charge is 0.307 e. The molecule has 150 valence electrons. The summed E-state index contributed by atoms with van der Waals surface area (Å²) in [5, 5.41) is 30.5. The van der Waals surface area contributed by atoms with Crippen molar-refractivity contribution < 1.29 is 34.4 Å². The molecule has 9 heteroatoms. The van der Waals surface area contributed by atoms with Crippen molar-refractivity contribution in [3.05, 3.63) is 60.2 Å². The molecule has 0 saturated carbocycles. The summed E-state index contributed by atoms with van der Waals surface area (Å²) in [4.78, 5) is 33.0. The Morgan fingerprint density at radius 1 is 1.00 bits per heavy atom. The van der Waals surface area contributed by atoms with Gasteiger partial charge in [-0.25, -0.2) is 0 Å². The molecule has 3 atom stereocenters. The van der Waals surface area contributed by atoms with Crippen LogP contribution in [0.2, 0.25) is 0 Å². The summed E-state index contributed by atoms with van der Waals surface area (Å²) in [6.07, 6.45) is -1.21. The molecule has 0 aliphatic heterocycles. The average molecular weight is 407 g/mol. The third kappa shape index (κ3) is 6.11. The lowest BCUT2D eigenvalue weighted by atomic mass is 10.1. The fourth-order valence-electron chi connectivity index (χ4n) is 2.78. The van der Waals surface area contributed by atoms with Crippen LogP contribution in [-0.4, -0.2) is 38.3 Å². The largest absolute Gasteiger partial charge is 0.508 e. The van der Waals surface area contributed by atoms with E-state index >= 15 is 0 Å². The molecule has 0 radical (unpaired) electrons. The van der Waals surface area contributed by atoms with Crippen LogP contribution in [0.15, 0.2) is 54.6 Å². The van der Waals surface area contributed by atoms with Gasteiger partial charge in [-0.15, -0.1) is 0 Å². The van der Waals surface area contributed by atoms with Gasteiger partial charge in [0.25, 0.3) is 0 Å². The van der Waals surface area contributed by atoms with E-state index < -0.39 is 43.6 Å². The standard InChI is InChI=1S/C19H22NO7P/c21-16-9-7-15(8-10-16)20-18(13-4-2-1-3-5-13)28(26,27)12-14(19(24)25)6-11-17(22)23/h1-5,7-10,14,18,20-21H,6,11-12H2,(H,22,23)(H,24,25)(H,26,27). The summed E-state index contributed by atoms with van der Waals surface area (Å²) < 4.78 is 13.2. The zero-order valence-electron chi connectivity index (χ0n) is 14.9. The molecule has 2 rings (SSSR count). The number of nitrogens with one attached hydrogen (secondary N) is 1. The summed E-state index contributed by atoms with van der Waals surface area (Å²) in [6.45, 7) is 0. The molecule has 0 heterocycles. The minimum absolute atomic E-state index is 0.0357. The average Bonchev–Trinajstić information content (AvgIpc) is 2.64. The number of carboxylic acid groups (broad SMARTS) is 2. The fourth-order valence-corrected chi connectivity index (χ4v) is 4.95. The summed E-state index contributed by atoms with van der Waals surface area (Å²) in [7, 11) is -4.12. The number of aromatic hydroxyl groups is 1. The van der Waals surface area contributed by atoms with Crippen molar-refractivity contribution in [2.45, 2.75) is 18.6 Å². The quantitative estimate of drug-likeness (QED) is 0.298. The first kappa shape index (κ1) is 21.5. The van der Waals surface area contributed by atoms with Gasteiger partial charge in [0.2, 0.25) is 7.37 Å². The van der Waals surface area contributed by atoms with Crippen LogP contribution in [0.1, 0.15) is 24.2 Å². The Bertz CT molecular complexity index is 854. The minimum atomic E-state index is -4.12. The van der Waals surface area contributed by atoms with E-state index in [0.29, 0.717) is 11.3 Å². The van der Waals surface area contributed by atoms with Gasteiger partial charge in [0.05, 0.1) is 5.92 Å². The van der Waals surface area contributed by atoms with Crippen LogP contribution < -0.4 is 5.32 Å². The van der Waals surface area contributed by atoms with Crippen molar-refractivity contribution in [2.24, 2.45) is 5.92 Å². The van der Waals surface area contributed by atoms with Crippen molar-refractivity contribution in [3.63, 3.8) is 0 Å². The van der Waals surface area contributed by atoms with E-state index in [1.54, 1.807) is 30.3 Å². The molecule has 2 aromatic carbocycles. The van der Waals surface area contributed by atoms with E-state index in [1.807, 2.05) is 0 Å². The molecule has 0 aromatic heterocycles. The minimum Gasteiger partial charge on any atom is -0.508 e. The molecular weight excluding hydrogens is 385 g/mol. The second kappa shape index (κ2) is 9.39. The lowest BCUT2D eigenvalue weighted by Gasteiger charge is -2.27. The summed E-state index contributed by atoms with van der Waals surface area (Å²) in [5.74, 6) is -4.80. The van der Waals surface area contributed by atoms with Gasteiger partial charge in [0.1, 0.15) is 11.5 Å². The Labute approximate surface area is 161 Å². The van der Waals surface area contributed by atoms with Crippen molar-refractivity contribution >= 4 is 25.0 Å². The van der Waals surface area contributed by atoms with Crippen LogP contribution in [-0.2, 0) is 14.2 Å². The van der Waals surface area contributed by atoms with E-state index in [1.165, 1.54) is 24.3 Å². The van der Waals surface area contributed by atoms with Crippen LogP contribution in [0.5, 0.6) is 5.75 Å². The molecule has 0 amide bonds. The maximum atomic E-state index is 13.2. The zero-order chi connectivity index (χ0) is 20.7. The van der Waals surface area contributed by atoms with Crippen LogP contribution in [0.4, 0.5) is 5.69 Å². The second-order valence-electron chi connectivity index (χ2n) is 6.41. The van der Waals surface area contributed by atoms with Gasteiger partial charge in [0.15, 0.2) is 0 Å². The Morgan fingerprint density at radius 2 is 1.61 bits per heavy atom. The molecular formula is C19H22NO7P. The fraction of sp³-hybridized carbons (Fsp3) is 0.263. The van der Waals surface area contributed by atoms with Crippen molar-refractivity contribution in [3.8, 4) is 5.75 Å². The van der Waals surface area contributed by atoms with Crippen LogP contribution in [0, 0.1) is 5.92 Å². The number of anilines is 1. The van der Waals surface area contributed by atoms with Gasteiger partial charge in [-0.2, -0.15) is 0 Å². The monoisotopic (exact) mass is 407 g/mol. The number of rotatable bonds is 10. The number of benzene rings is 2. The first-order valence-electron chi connectivity index (χ1n) is 8.55. The molecule has 5 N–H and O–H groups in total. The Balaban J connectivity index is 2.31. The molecule has 2 aromatic rings. The van der Waals surface area contributed by atoms with E-state index in [0.717, 1.165) is 0 Å². The Hall–Kier alpha value is -2.83. The number of hydrogen-bond donors (Lipinski definition) is 5. The van der Waals surface area contributed by atoms with Gasteiger partial charge >= 0.3 is 11.9 Å². The van der Waals surface area contributed by atoms with Gasteiger partial charge in [-0.1, -0.05) is 30.3 Å². The highest BCUT2D eigenvalue weighted by Crippen LogP contribution is 2.57. The predicted molar refractivity (Wildman–Crippen MR) is 104 cm³/mol. The molecule has 3 unspecified atom stereocenters. The SMILES string of the molecule is O=C(O)CCC(CP(=O)(O)C(Nc1ccc(O)cc1)c1ccccc1)C(=O)O. The maximum absolute atomic E-state index is 13.2. The Kier molecular flexibility index (Phi) is 7.20. The molecule has 0 spiro atoms. The van der Waals surface area contributed by atoms with E-state index in [2.05, 4.69) is 5.32 Å². The molecule has 28 heavy (non-hydrogen) atoms.